The third kappa shape index (κ3) is 15.0. The van der Waals surface area contributed by atoms with E-state index in [0.29, 0.717) is 0 Å². The third-order valence-corrected chi connectivity index (χ3v) is 4.54. The van der Waals surface area contributed by atoms with Gasteiger partial charge >= 0.3 is 0 Å². The van der Waals surface area contributed by atoms with Crippen molar-refractivity contribution in [2.45, 2.75) is 96.8 Å². The summed E-state index contributed by atoms with van der Waals surface area (Å²) in [4.78, 5) is 0. The summed E-state index contributed by atoms with van der Waals surface area (Å²) in [6.45, 7) is 4.50. The Labute approximate surface area is 155 Å². The first kappa shape index (κ1) is 22.7. The summed E-state index contributed by atoms with van der Waals surface area (Å²) in [5, 5.41) is 3.22. The van der Waals surface area contributed by atoms with E-state index in [1.807, 2.05) is 0 Å². The van der Waals surface area contributed by atoms with Crippen LogP contribution in [0.25, 0.3) is 0 Å². The highest BCUT2D eigenvalue weighted by Gasteiger charge is 2.03. The smallest absolute Gasteiger partial charge is 0.236 e. The Morgan fingerprint density at radius 1 is 0.826 bits per heavy atom. The summed E-state index contributed by atoms with van der Waals surface area (Å²) in [5.41, 5.74) is 0. The number of nitrogens with zero attached hydrogens (tertiary/aromatic N) is 1. The molecule has 23 heavy (non-hydrogen) atoms. The molecule has 136 valence electrons. The van der Waals surface area contributed by atoms with Crippen molar-refractivity contribution >= 4 is 6.34 Å². The van der Waals surface area contributed by atoms with Crippen LogP contribution in [0.15, 0.2) is 12.3 Å². The molecular formula is C20H39BrN2. The highest BCUT2D eigenvalue weighted by Crippen LogP contribution is 2.12. The second kappa shape index (κ2) is 18.0. The van der Waals surface area contributed by atoms with Crippen molar-refractivity contribution in [2.75, 3.05) is 13.1 Å². The molecule has 0 unspecified atom stereocenters. The molecule has 2 nitrogen and oxygen atoms in total. The Morgan fingerprint density at radius 2 is 1.35 bits per heavy atom. The van der Waals surface area contributed by atoms with E-state index in [2.05, 4.69) is 35.4 Å². The fourth-order valence-electron chi connectivity index (χ4n) is 3.05. The Balaban J connectivity index is 0.00000484. The van der Waals surface area contributed by atoms with Crippen molar-refractivity contribution in [3.8, 4) is 0 Å². The van der Waals surface area contributed by atoms with Crippen molar-refractivity contribution in [3.63, 3.8) is 0 Å². The minimum Gasteiger partial charge on any atom is -1.00 e. The first-order valence-corrected chi connectivity index (χ1v) is 9.92. The molecule has 0 spiro atoms. The molecule has 0 amide bonds. The van der Waals surface area contributed by atoms with E-state index in [1.165, 1.54) is 89.9 Å². The van der Waals surface area contributed by atoms with Gasteiger partial charge in [-0.25, -0.2) is 4.58 Å². The zero-order chi connectivity index (χ0) is 15.7. The topological polar surface area (TPSA) is 15.0 Å². The van der Waals surface area contributed by atoms with Crippen LogP contribution in [0.1, 0.15) is 96.8 Å². The molecule has 0 bridgehead atoms. The summed E-state index contributed by atoms with van der Waals surface area (Å²) in [6, 6.07) is 0. The molecule has 0 aromatic heterocycles. The van der Waals surface area contributed by atoms with E-state index in [4.69, 9.17) is 0 Å². The molecule has 0 aliphatic carbocycles. The van der Waals surface area contributed by atoms with Crippen LogP contribution in [-0.2, 0) is 0 Å². The lowest BCUT2D eigenvalue weighted by molar-refractivity contribution is -0.440. The standard InChI is InChI=1S/C20H38N2.BrH/c1-2-3-4-5-6-7-8-9-10-11-12-13-14-15-16-18-22-19-17-21-20-22;/h16,18,20H,2-15,17,19H2,1H3;1H. The molecule has 1 heterocycles. The van der Waals surface area contributed by atoms with Gasteiger partial charge in [0.1, 0.15) is 13.1 Å². The van der Waals surface area contributed by atoms with Crippen LogP contribution in [0.4, 0.5) is 0 Å². The molecule has 0 saturated heterocycles. The quantitative estimate of drug-likeness (QED) is 0.337. The van der Waals surface area contributed by atoms with E-state index in [0.717, 1.165) is 13.1 Å². The summed E-state index contributed by atoms with van der Waals surface area (Å²) < 4.78 is 2.24. The van der Waals surface area contributed by atoms with Gasteiger partial charge in [-0.05, 0) is 18.9 Å². The first-order chi connectivity index (χ1) is 10.9. The van der Waals surface area contributed by atoms with E-state index in [-0.39, 0.29) is 17.0 Å². The van der Waals surface area contributed by atoms with Crippen LogP contribution in [-0.4, -0.2) is 24.0 Å². The van der Waals surface area contributed by atoms with Gasteiger partial charge in [-0.2, -0.15) is 0 Å². The fraction of sp³-hybridized carbons (Fsp3) is 0.850. The highest BCUT2D eigenvalue weighted by molar-refractivity contribution is 5.49. The van der Waals surface area contributed by atoms with Crippen LogP contribution in [0.3, 0.4) is 0 Å². The average Bonchev–Trinajstić information content (AvgIpc) is 3.04. The monoisotopic (exact) mass is 386 g/mol. The number of hydrogen-bond acceptors (Lipinski definition) is 1. The van der Waals surface area contributed by atoms with E-state index in [9.17, 15) is 0 Å². The van der Waals surface area contributed by atoms with Gasteiger partial charge in [0.15, 0.2) is 0 Å². The zero-order valence-electron chi connectivity index (χ0n) is 15.4. The molecule has 3 heteroatoms. The Hall–Kier alpha value is -0.310. The van der Waals surface area contributed by atoms with Gasteiger partial charge in [0.05, 0.1) is 6.20 Å². The van der Waals surface area contributed by atoms with Gasteiger partial charge in [-0.3, -0.25) is 5.32 Å². The number of nitrogens with one attached hydrogen (secondary N) is 1. The van der Waals surface area contributed by atoms with Gasteiger partial charge in [-0.1, -0.05) is 84.0 Å². The van der Waals surface area contributed by atoms with Crippen LogP contribution in [0, 0.1) is 0 Å². The summed E-state index contributed by atoms with van der Waals surface area (Å²) in [5.74, 6) is 0. The predicted octanol–water partition coefficient (Wildman–Crippen LogP) is 2.63. The van der Waals surface area contributed by atoms with Crippen molar-refractivity contribution in [2.24, 2.45) is 0 Å². The molecule has 0 aromatic rings. The van der Waals surface area contributed by atoms with Gasteiger partial charge in [0.25, 0.3) is 0 Å². The lowest BCUT2D eigenvalue weighted by Gasteiger charge is -2.02. The van der Waals surface area contributed by atoms with Gasteiger partial charge in [-0.15, -0.1) is 0 Å². The predicted molar refractivity (Wildman–Crippen MR) is 98.6 cm³/mol. The number of unbranched alkanes of at least 4 members (excludes halogenated alkanes) is 13. The van der Waals surface area contributed by atoms with Crippen LogP contribution in [0.2, 0.25) is 0 Å². The summed E-state index contributed by atoms with van der Waals surface area (Å²) in [6.07, 6.45) is 26.5. The lowest BCUT2D eigenvalue weighted by atomic mass is 10.0. The average molecular weight is 387 g/mol. The second-order valence-corrected chi connectivity index (χ2v) is 6.74. The Kier molecular flexibility index (Phi) is 17.8. The van der Waals surface area contributed by atoms with E-state index >= 15 is 0 Å². The molecule has 0 fully saturated rings. The molecule has 0 radical (unpaired) electrons. The number of allylic oxidation sites excluding steroid dienone is 1. The number of rotatable bonds is 15. The van der Waals surface area contributed by atoms with Crippen LogP contribution >= 0.6 is 0 Å². The SMILES string of the molecule is CCCCCCCCCCCCCCCC=C[N+]1=CNCC1.[Br-]. The van der Waals surface area contributed by atoms with Crippen molar-refractivity contribution in [1.82, 2.24) is 5.32 Å². The molecule has 1 rings (SSSR count). The largest absolute Gasteiger partial charge is 1.00 e. The lowest BCUT2D eigenvalue weighted by Crippen LogP contribution is -3.00. The van der Waals surface area contributed by atoms with Crippen LogP contribution in [0.5, 0.6) is 0 Å². The number of hydrogen-bond donors (Lipinski definition) is 1. The molecular weight excluding hydrogens is 348 g/mol. The maximum absolute atomic E-state index is 3.22. The van der Waals surface area contributed by atoms with Crippen molar-refractivity contribution < 1.29 is 21.6 Å². The Bertz CT molecular complexity index is 300. The number of halogens is 1. The maximum Gasteiger partial charge on any atom is 0.236 e. The highest BCUT2D eigenvalue weighted by atomic mass is 79.9. The summed E-state index contributed by atoms with van der Waals surface area (Å²) >= 11 is 0. The molecule has 0 atom stereocenters. The third-order valence-electron chi connectivity index (χ3n) is 4.54. The Morgan fingerprint density at radius 3 is 1.83 bits per heavy atom. The molecule has 1 aliphatic heterocycles. The van der Waals surface area contributed by atoms with Crippen molar-refractivity contribution in [3.05, 3.63) is 12.3 Å². The van der Waals surface area contributed by atoms with Gasteiger partial charge < -0.3 is 17.0 Å². The van der Waals surface area contributed by atoms with E-state index < -0.39 is 0 Å². The first-order valence-electron chi connectivity index (χ1n) is 9.92. The van der Waals surface area contributed by atoms with Crippen molar-refractivity contribution in [1.29, 1.82) is 0 Å². The maximum atomic E-state index is 3.22. The molecule has 1 N–H and O–H groups in total. The zero-order valence-corrected chi connectivity index (χ0v) is 17.0. The van der Waals surface area contributed by atoms with Crippen LogP contribution < -0.4 is 22.3 Å². The normalized spacial score (nSPS) is 13.9. The molecule has 0 aromatic carbocycles. The fourth-order valence-corrected chi connectivity index (χ4v) is 3.05. The second-order valence-electron chi connectivity index (χ2n) is 6.74. The molecule has 1 aliphatic rings. The van der Waals surface area contributed by atoms with E-state index in [1.54, 1.807) is 0 Å². The van der Waals surface area contributed by atoms with Gasteiger partial charge in [0, 0.05) is 0 Å². The minimum atomic E-state index is 0. The minimum absolute atomic E-state index is 0. The van der Waals surface area contributed by atoms with Gasteiger partial charge in [0.2, 0.25) is 6.34 Å². The summed E-state index contributed by atoms with van der Waals surface area (Å²) in [7, 11) is 0. The molecule has 0 saturated carbocycles.